The van der Waals surface area contributed by atoms with Crippen LogP contribution < -0.4 is 10.6 Å². The van der Waals surface area contributed by atoms with Gasteiger partial charge in [0.25, 0.3) is 0 Å². The summed E-state index contributed by atoms with van der Waals surface area (Å²) >= 11 is 0. The first kappa shape index (κ1) is 9.00. The number of carbonyl (C=O) groups excluding carboxylic acids is 1. The van der Waals surface area contributed by atoms with E-state index < -0.39 is 0 Å². The van der Waals surface area contributed by atoms with E-state index in [9.17, 15) is 4.79 Å². The maximum Gasteiger partial charge on any atom is 0.221 e. The molecule has 74 valence electrons. The summed E-state index contributed by atoms with van der Waals surface area (Å²) in [7, 11) is 0. The lowest BCUT2D eigenvalue weighted by molar-refractivity contribution is -0.121. The van der Waals surface area contributed by atoms with Crippen LogP contribution in [0.2, 0.25) is 0 Å². The minimum Gasteiger partial charge on any atom is -0.353 e. The molecule has 2 rings (SSSR count). The van der Waals surface area contributed by atoms with Gasteiger partial charge in [-0.15, -0.1) is 0 Å². The molecule has 3 nitrogen and oxygen atoms in total. The molecule has 0 saturated heterocycles. The van der Waals surface area contributed by atoms with Crippen molar-refractivity contribution in [1.82, 2.24) is 10.6 Å². The first-order valence-corrected chi connectivity index (χ1v) is 5.22. The molecule has 13 heavy (non-hydrogen) atoms. The fourth-order valence-corrected chi connectivity index (χ4v) is 1.37. The van der Waals surface area contributed by atoms with Crippen LogP contribution in [0.5, 0.6) is 0 Å². The Morgan fingerprint density at radius 2 is 2.15 bits per heavy atom. The molecular formula is C10H18N2O. The Kier molecular flexibility index (Phi) is 2.28. The second kappa shape index (κ2) is 3.29. The second-order valence-electron chi connectivity index (χ2n) is 4.58. The van der Waals surface area contributed by atoms with Gasteiger partial charge in [-0.1, -0.05) is 0 Å². The first-order valence-electron chi connectivity index (χ1n) is 5.22. The molecule has 0 unspecified atom stereocenters. The summed E-state index contributed by atoms with van der Waals surface area (Å²) in [5, 5.41) is 6.38. The normalized spacial score (nSPS) is 24.1. The Hall–Kier alpha value is -0.570. The van der Waals surface area contributed by atoms with E-state index in [1.807, 2.05) is 0 Å². The van der Waals surface area contributed by atoms with E-state index in [2.05, 4.69) is 17.6 Å². The molecule has 0 atom stereocenters. The molecule has 0 heterocycles. The zero-order valence-corrected chi connectivity index (χ0v) is 8.23. The monoisotopic (exact) mass is 182 g/mol. The van der Waals surface area contributed by atoms with Gasteiger partial charge in [0.2, 0.25) is 5.91 Å². The fraction of sp³-hybridized carbons (Fsp3) is 0.900. The standard InChI is InChI=1S/C10H18N2O/c1-10(5-6-10)11-7-4-9(13)12-8-2-3-8/h8,11H,2-7H2,1H3,(H,12,13). The summed E-state index contributed by atoms with van der Waals surface area (Å²) < 4.78 is 0. The Morgan fingerprint density at radius 1 is 1.46 bits per heavy atom. The van der Waals surface area contributed by atoms with Crippen molar-refractivity contribution in [2.75, 3.05) is 6.54 Å². The Morgan fingerprint density at radius 3 is 2.69 bits per heavy atom. The third kappa shape index (κ3) is 2.99. The third-order valence-electron chi connectivity index (χ3n) is 2.85. The molecule has 0 aliphatic heterocycles. The molecule has 2 saturated carbocycles. The van der Waals surface area contributed by atoms with E-state index >= 15 is 0 Å². The topological polar surface area (TPSA) is 41.1 Å². The summed E-state index contributed by atoms with van der Waals surface area (Å²) in [5.41, 5.74) is 0.361. The van der Waals surface area contributed by atoms with Crippen molar-refractivity contribution in [1.29, 1.82) is 0 Å². The summed E-state index contributed by atoms with van der Waals surface area (Å²) in [6.07, 6.45) is 5.51. The summed E-state index contributed by atoms with van der Waals surface area (Å²) in [6, 6.07) is 0.504. The van der Waals surface area contributed by atoms with Crippen LogP contribution in [0.4, 0.5) is 0 Å². The first-order chi connectivity index (χ1) is 6.18. The third-order valence-corrected chi connectivity index (χ3v) is 2.85. The average Bonchev–Trinajstić information content (AvgIpc) is 2.91. The van der Waals surface area contributed by atoms with Gasteiger partial charge < -0.3 is 10.6 Å². The lowest BCUT2D eigenvalue weighted by Crippen LogP contribution is -2.33. The molecular weight excluding hydrogens is 164 g/mol. The van der Waals surface area contributed by atoms with Crippen molar-refractivity contribution in [3.8, 4) is 0 Å². The molecule has 0 bridgehead atoms. The highest BCUT2D eigenvalue weighted by Gasteiger charge is 2.36. The molecule has 2 fully saturated rings. The predicted octanol–water partition coefficient (Wildman–Crippen LogP) is 0.797. The molecule has 2 aliphatic rings. The van der Waals surface area contributed by atoms with Gasteiger partial charge in [-0.2, -0.15) is 0 Å². The van der Waals surface area contributed by atoms with Gasteiger partial charge in [0, 0.05) is 24.5 Å². The van der Waals surface area contributed by atoms with Gasteiger partial charge in [0.05, 0.1) is 0 Å². The Bertz CT molecular complexity index is 207. The van der Waals surface area contributed by atoms with Gasteiger partial charge in [-0.05, 0) is 32.6 Å². The molecule has 1 amide bonds. The Labute approximate surface area is 79.3 Å². The number of amides is 1. The van der Waals surface area contributed by atoms with Gasteiger partial charge in [-0.3, -0.25) is 4.79 Å². The van der Waals surface area contributed by atoms with Crippen LogP contribution in [-0.2, 0) is 4.79 Å². The molecule has 0 spiro atoms. The van der Waals surface area contributed by atoms with Crippen molar-refractivity contribution >= 4 is 5.91 Å². The van der Waals surface area contributed by atoms with Crippen molar-refractivity contribution in [3.05, 3.63) is 0 Å². The Balaban J connectivity index is 1.53. The minimum atomic E-state index is 0.208. The number of carbonyl (C=O) groups is 1. The molecule has 0 aromatic carbocycles. The fourth-order valence-electron chi connectivity index (χ4n) is 1.37. The highest BCUT2D eigenvalue weighted by molar-refractivity contribution is 5.76. The van der Waals surface area contributed by atoms with Crippen LogP contribution >= 0.6 is 0 Å². The summed E-state index contributed by atoms with van der Waals surface area (Å²) in [4.78, 5) is 11.2. The van der Waals surface area contributed by atoms with Crippen molar-refractivity contribution in [2.24, 2.45) is 0 Å². The van der Waals surface area contributed by atoms with Crippen LogP contribution in [0.1, 0.15) is 39.0 Å². The van der Waals surface area contributed by atoms with E-state index in [-0.39, 0.29) is 5.91 Å². The maximum absolute atomic E-state index is 11.2. The van der Waals surface area contributed by atoms with Crippen LogP contribution in [-0.4, -0.2) is 24.0 Å². The maximum atomic E-state index is 11.2. The average molecular weight is 182 g/mol. The highest BCUT2D eigenvalue weighted by Crippen LogP contribution is 2.33. The second-order valence-corrected chi connectivity index (χ2v) is 4.58. The SMILES string of the molecule is CC1(NCCC(=O)NC2CC2)CC1. The van der Waals surface area contributed by atoms with Crippen LogP contribution in [0.15, 0.2) is 0 Å². The summed E-state index contributed by atoms with van der Waals surface area (Å²) in [6.45, 7) is 3.04. The van der Waals surface area contributed by atoms with E-state index in [0.29, 0.717) is 18.0 Å². The van der Waals surface area contributed by atoms with E-state index in [1.165, 1.54) is 25.7 Å². The van der Waals surface area contributed by atoms with Crippen molar-refractivity contribution in [3.63, 3.8) is 0 Å². The largest absolute Gasteiger partial charge is 0.353 e. The van der Waals surface area contributed by atoms with E-state index in [1.54, 1.807) is 0 Å². The molecule has 2 aliphatic carbocycles. The molecule has 2 N–H and O–H groups in total. The van der Waals surface area contributed by atoms with Crippen LogP contribution in [0, 0.1) is 0 Å². The quantitative estimate of drug-likeness (QED) is 0.660. The van der Waals surface area contributed by atoms with Gasteiger partial charge in [0.1, 0.15) is 0 Å². The zero-order valence-electron chi connectivity index (χ0n) is 8.23. The molecule has 3 heteroatoms. The molecule has 0 radical (unpaired) electrons. The van der Waals surface area contributed by atoms with Gasteiger partial charge >= 0.3 is 0 Å². The lowest BCUT2D eigenvalue weighted by atomic mass is 10.3. The smallest absolute Gasteiger partial charge is 0.221 e. The van der Waals surface area contributed by atoms with Crippen LogP contribution in [0.25, 0.3) is 0 Å². The van der Waals surface area contributed by atoms with Crippen molar-refractivity contribution in [2.45, 2.75) is 50.6 Å². The van der Waals surface area contributed by atoms with E-state index in [4.69, 9.17) is 0 Å². The lowest BCUT2D eigenvalue weighted by Gasteiger charge is -2.10. The number of hydrogen-bond acceptors (Lipinski definition) is 2. The zero-order chi connectivity index (χ0) is 9.31. The number of rotatable bonds is 5. The summed E-state index contributed by atoms with van der Waals surface area (Å²) in [5.74, 6) is 0.208. The predicted molar refractivity (Wildman–Crippen MR) is 51.4 cm³/mol. The molecule has 0 aromatic rings. The highest BCUT2D eigenvalue weighted by atomic mass is 16.1. The van der Waals surface area contributed by atoms with Crippen LogP contribution in [0.3, 0.4) is 0 Å². The van der Waals surface area contributed by atoms with E-state index in [0.717, 1.165) is 6.54 Å². The van der Waals surface area contributed by atoms with Gasteiger partial charge in [0.15, 0.2) is 0 Å². The minimum absolute atomic E-state index is 0.208. The van der Waals surface area contributed by atoms with Gasteiger partial charge in [-0.25, -0.2) is 0 Å². The number of nitrogens with one attached hydrogen (secondary N) is 2. The van der Waals surface area contributed by atoms with Crippen molar-refractivity contribution < 1.29 is 4.79 Å². The number of hydrogen-bond donors (Lipinski definition) is 2. The molecule has 0 aromatic heterocycles.